The van der Waals surface area contributed by atoms with Gasteiger partial charge >= 0.3 is 0 Å². The molecule has 0 heterocycles. The van der Waals surface area contributed by atoms with Crippen LogP contribution in [-0.2, 0) is 0 Å². The zero-order valence-corrected chi connectivity index (χ0v) is 6.20. The van der Waals surface area contributed by atoms with E-state index in [-0.39, 0.29) is 0 Å². The summed E-state index contributed by atoms with van der Waals surface area (Å²) in [6, 6.07) is 0. The highest BCUT2D eigenvalue weighted by atomic mass is 32.2. The van der Waals surface area contributed by atoms with E-state index in [9.17, 15) is 0 Å². The molecule has 0 saturated carbocycles. The Bertz CT molecular complexity index is 107. The molecule has 0 rings (SSSR count). The van der Waals surface area contributed by atoms with Crippen LogP contribution in [0.15, 0.2) is 9.39 Å². The Morgan fingerprint density at radius 1 is 1.62 bits per heavy atom. The largest absolute Gasteiger partial charge is 0.246 e. The number of hydrogen-bond donors (Lipinski definition) is 0. The van der Waals surface area contributed by atoms with E-state index >= 15 is 0 Å². The SMILES string of the molecule is CC=NC(C)=NSC. The van der Waals surface area contributed by atoms with Crippen LogP contribution in [0.2, 0.25) is 0 Å². The highest BCUT2D eigenvalue weighted by Gasteiger charge is 1.77. The van der Waals surface area contributed by atoms with Crippen molar-refractivity contribution in [3.05, 3.63) is 0 Å². The topological polar surface area (TPSA) is 24.7 Å². The first-order valence-corrected chi connectivity index (χ1v) is 3.56. The summed E-state index contributed by atoms with van der Waals surface area (Å²) in [6.45, 7) is 3.75. The van der Waals surface area contributed by atoms with Crippen molar-refractivity contribution < 1.29 is 0 Å². The molecule has 0 spiro atoms. The van der Waals surface area contributed by atoms with E-state index in [0.717, 1.165) is 5.84 Å². The van der Waals surface area contributed by atoms with Crippen LogP contribution in [0.1, 0.15) is 13.8 Å². The van der Waals surface area contributed by atoms with E-state index in [0.29, 0.717) is 0 Å². The molecular formula is C5H10N2S. The molecule has 46 valence electrons. The van der Waals surface area contributed by atoms with Gasteiger partial charge in [-0.15, -0.1) is 0 Å². The Morgan fingerprint density at radius 2 is 2.25 bits per heavy atom. The van der Waals surface area contributed by atoms with Crippen LogP contribution in [0.5, 0.6) is 0 Å². The highest BCUT2D eigenvalue weighted by molar-refractivity contribution is 7.97. The minimum absolute atomic E-state index is 0.819. The van der Waals surface area contributed by atoms with E-state index in [1.807, 2.05) is 20.1 Å². The first-order chi connectivity index (χ1) is 3.81. The quantitative estimate of drug-likeness (QED) is 0.301. The van der Waals surface area contributed by atoms with Gasteiger partial charge in [0, 0.05) is 12.5 Å². The van der Waals surface area contributed by atoms with Gasteiger partial charge in [0.25, 0.3) is 0 Å². The maximum atomic E-state index is 3.95. The maximum Gasteiger partial charge on any atom is 0.132 e. The molecule has 2 nitrogen and oxygen atoms in total. The number of nitrogens with zero attached hydrogens (tertiary/aromatic N) is 2. The Labute approximate surface area is 54.2 Å². The predicted octanol–water partition coefficient (Wildman–Crippen LogP) is 1.77. The summed E-state index contributed by atoms with van der Waals surface area (Å²) >= 11 is 1.42. The van der Waals surface area contributed by atoms with Crippen molar-refractivity contribution in [2.45, 2.75) is 13.8 Å². The first kappa shape index (κ1) is 7.69. The Balaban J connectivity index is 3.61. The molecule has 0 aliphatic heterocycles. The lowest BCUT2D eigenvalue weighted by Gasteiger charge is -1.84. The molecule has 8 heavy (non-hydrogen) atoms. The van der Waals surface area contributed by atoms with Crippen LogP contribution in [0.3, 0.4) is 0 Å². The lowest BCUT2D eigenvalue weighted by molar-refractivity contribution is 1.58. The van der Waals surface area contributed by atoms with Gasteiger partial charge in [-0.3, -0.25) is 0 Å². The summed E-state index contributed by atoms with van der Waals surface area (Å²) in [4.78, 5) is 3.92. The second kappa shape index (κ2) is 4.84. The Hall–Kier alpha value is -0.310. The average Bonchev–Trinajstić information content (AvgIpc) is 1.68. The van der Waals surface area contributed by atoms with Crippen LogP contribution in [-0.4, -0.2) is 18.3 Å². The average molecular weight is 130 g/mol. The minimum Gasteiger partial charge on any atom is -0.246 e. The van der Waals surface area contributed by atoms with Gasteiger partial charge in [-0.25, -0.2) is 9.39 Å². The molecule has 0 radical (unpaired) electrons. The van der Waals surface area contributed by atoms with Gasteiger partial charge in [0.1, 0.15) is 5.84 Å². The fourth-order valence-corrected chi connectivity index (χ4v) is 0.654. The fraction of sp³-hybridized carbons (Fsp3) is 0.600. The lowest BCUT2D eigenvalue weighted by atomic mass is 10.7. The van der Waals surface area contributed by atoms with Gasteiger partial charge < -0.3 is 0 Å². The molecule has 0 atom stereocenters. The molecule has 0 amide bonds. The van der Waals surface area contributed by atoms with Gasteiger partial charge in [0.05, 0.1) is 0 Å². The molecule has 0 aromatic rings. The number of aliphatic imine (C=N–C) groups is 1. The number of rotatable bonds is 1. The summed E-state index contributed by atoms with van der Waals surface area (Å²) in [7, 11) is 0. The van der Waals surface area contributed by atoms with Crippen molar-refractivity contribution in [1.82, 2.24) is 0 Å². The van der Waals surface area contributed by atoms with Crippen molar-refractivity contribution in [2.75, 3.05) is 6.26 Å². The van der Waals surface area contributed by atoms with E-state index in [2.05, 4.69) is 9.39 Å². The van der Waals surface area contributed by atoms with Crippen molar-refractivity contribution in [3.63, 3.8) is 0 Å². The summed E-state index contributed by atoms with van der Waals surface area (Å²) in [6.07, 6.45) is 3.64. The molecule has 0 aliphatic rings. The van der Waals surface area contributed by atoms with Crippen LogP contribution in [0.25, 0.3) is 0 Å². The molecule has 0 aromatic heterocycles. The van der Waals surface area contributed by atoms with E-state index in [1.165, 1.54) is 11.9 Å². The smallest absolute Gasteiger partial charge is 0.132 e. The van der Waals surface area contributed by atoms with E-state index < -0.39 is 0 Å². The number of hydrogen-bond acceptors (Lipinski definition) is 2. The van der Waals surface area contributed by atoms with Gasteiger partial charge in [0.2, 0.25) is 0 Å². The Kier molecular flexibility index (Phi) is 4.65. The van der Waals surface area contributed by atoms with Crippen molar-refractivity contribution in [2.24, 2.45) is 9.39 Å². The molecular weight excluding hydrogens is 120 g/mol. The summed E-state index contributed by atoms with van der Waals surface area (Å²) in [5, 5.41) is 0. The summed E-state index contributed by atoms with van der Waals surface area (Å²) in [5.74, 6) is 0.819. The monoisotopic (exact) mass is 130 g/mol. The maximum absolute atomic E-state index is 3.95. The Morgan fingerprint density at radius 3 is 2.62 bits per heavy atom. The van der Waals surface area contributed by atoms with Crippen LogP contribution in [0, 0.1) is 0 Å². The first-order valence-electron chi connectivity index (χ1n) is 2.37. The highest BCUT2D eigenvalue weighted by Crippen LogP contribution is 1.93. The fourth-order valence-electron chi connectivity index (χ4n) is 0.343. The minimum atomic E-state index is 0.819. The summed E-state index contributed by atoms with van der Waals surface area (Å²) in [5.41, 5.74) is 0. The van der Waals surface area contributed by atoms with Crippen LogP contribution < -0.4 is 0 Å². The third-order valence-electron chi connectivity index (χ3n) is 0.539. The van der Waals surface area contributed by atoms with Gasteiger partial charge in [-0.1, -0.05) is 0 Å². The van der Waals surface area contributed by atoms with E-state index in [1.54, 1.807) is 6.21 Å². The third kappa shape index (κ3) is 3.87. The molecule has 0 bridgehead atoms. The normalized spacial score (nSPS) is 13.1. The molecule has 0 saturated heterocycles. The van der Waals surface area contributed by atoms with Crippen molar-refractivity contribution >= 4 is 24.0 Å². The second-order valence-electron chi connectivity index (χ2n) is 1.21. The standard InChI is InChI=1S/C5H10N2S/c1-4-6-5(2)7-8-3/h4H,1-3H3. The second-order valence-corrected chi connectivity index (χ2v) is 1.76. The zero-order valence-electron chi connectivity index (χ0n) is 5.38. The zero-order chi connectivity index (χ0) is 6.41. The van der Waals surface area contributed by atoms with Crippen molar-refractivity contribution in [3.8, 4) is 0 Å². The van der Waals surface area contributed by atoms with Gasteiger partial charge in [-0.2, -0.15) is 0 Å². The van der Waals surface area contributed by atoms with Crippen LogP contribution in [0.4, 0.5) is 0 Å². The third-order valence-corrected chi connectivity index (χ3v) is 0.986. The lowest BCUT2D eigenvalue weighted by Crippen LogP contribution is -1.80. The summed E-state index contributed by atoms with van der Waals surface area (Å²) < 4.78 is 3.95. The predicted molar refractivity (Wildman–Crippen MR) is 40.8 cm³/mol. The molecule has 0 unspecified atom stereocenters. The number of amidine groups is 1. The van der Waals surface area contributed by atoms with E-state index in [4.69, 9.17) is 0 Å². The molecule has 0 aliphatic carbocycles. The van der Waals surface area contributed by atoms with Crippen LogP contribution >= 0.6 is 11.9 Å². The molecule has 3 heteroatoms. The molecule has 0 fully saturated rings. The molecule has 0 aromatic carbocycles. The van der Waals surface area contributed by atoms with Gasteiger partial charge in [-0.05, 0) is 25.8 Å². The molecule has 0 N–H and O–H groups in total. The van der Waals surface area contributed by atoms with Gasteiger partial charge in [0.15, 0.2) is 0 Å². The van der Waals surface area contributed by atoms with Crippen molar-refractivity contribution in [1.29, 1.82) is 0 Å².